The smallest absolute Gasteiger partial charge is 0.155 e. The lowest BCUT2D eigenvalue weighted by Gasteiger charge is -2.39. The molecule has 71 heavy (non-hydrogen) atoms. The number of aliphatic hydroxyl groups is 1. The van der Waals surface area contributed by atoms with Crippen molar-refractivity contribution in [3.05, 3.63) is 23.3 Å². The van der Waals surface area contributed by atoms with Crippen molar-refractivity contribution in [2.24, 2.45) is 23.2 Å². The molecule has 0 aromatic rings. The molecule has 5 unspecified atom stereocenters. The molecule has 0 aromatic carbocycles. The summed E-state index contributed by atoms with van der Waals surface area (Å²) in [4.78, 5) is 0. The first kappa shape index (κ1) is 68.4. The second kappa shape index (κ2) is 51.5. The number of hydrogen-bond donors (Lipinski definition) is 1. The summed E-state index contributed by atoms with van der Waals surface area (Å²) in [6.07, 6.45) is 76.3. The van der Waals surface area contributed by atoms with E-state index in [-0.39, 0.29) is 5.41 Å². The SMILES string of the molecule is CCCCCCCCCCC(CCCCCCCC)CC1=C(CC(CCCCCCCC)CCCCCCCCCC)C(CC(CCCCCCCC)CCCCCCCCCC)(CC(O)OCC)C=C1. The molecule has 0 amide bonds. The van der Waals surface area contributed by atoms with E-state index in [9.17, 15) is 5.11 Å². The first-order valence-corrected chi connectivity index (χ1v) is 33.6. The number of rotatable bonds is 58. The summed E-state index contributed by atoms with van der Waals surface area (Å²) < 4.78 is 6.21. The molecule has 0 saturated carbocycles. The van der Waals surface area contributed by atoms with Gasteiger partial charge in [-0.05, 0) is 49.5 Å². The molecular formula is C69H134O2. The number of unbranched alkanes of at least 4 members (excludes halogenated alkanes) is 36. The number of ether oxygens (including phenoxy) is 1. The van der Waals surface area contributed by atoms with Crippen LogP contribution in [0.15, 0.2) is 23.3 Å². The zero-order valence-corrected chi connectivity index (χ0v) is 50.3. The lowest BCUT2D eigenvalue weighted by Crippen LogP contribution is -2.31. The Morgan fingerprint density at radius 2 is 0.606 bits per heavy atom. The van der Waals surface area contributed by atoms with Gasteiger partial charge in [-0.1, -0.05) is 367 Å². The number of hydrogen-bond acceptors (Lipinski definition) is 2. The molecule has 1 N–H and O–H groups in total. The van der Waals surface area contributed by atoms with Crippen LogP contribution in [0.1, 0.15) is 382 Å². The Bertz CT molecular complexity index is 1140. The quantitative estimate of drug-likeness (QED) is 0.0486. The lowest BCUT2D eigenvalue weighted by molar-refractivity contribution is -0.112. The van der Waals surface area contributed by atoms with Crippen LogP contribution < -0.4 is 0 Å². The van der Waals surface area contributed by atoms with Gasteiger partial charge in [-0.3, -0.25) is 0 Å². The number of aliphatic hydroxyl groups excluding tert-OH is 1. The molecule has 1 aliphatic rings. The van der Waals surface area contributed by atoms with Gasteiger partial charge in [-0.2, -0.15) is 0 Å². The predicted octanol–water partition coefficient (Wildman–Crippen LogP) is 24.4. The zero-order valence-electron chi connectivity index (χ0n) is 50.3. The molecule has 1 rings (SSSR count). The summed E-state index contributed by atoms with van der Waals surface area (Å²) in [7, 11) is 0. The third-order valence-corrected chi connectivity index (χ3v) is 17.4. The van der Waals surface area contributed by atoms with Crippen LogP contribution in [0.2, 0.25) is 0 Å². The van der Waals surface area contributed by atoms with Gasteiger partial charge in [-0.15, -0.1) is 0 Å². The van der Waals surface area contributed by atoms with E-state index in [2.05, 4.69) is 60.6 Å². The fourth-order valence-corrected chi connectivity index (χ4v) is 12.8. The van der Waals surface area contributed by atoms with Crippen molar-refractivity contribution in [2.45, 2.75) is 389 Å². The summed E-state index contributed by atoms with van der Waals surface area (Å²) >= 11 is 0. The highest BCUT2D eigenvalue weighted by Crippen LogP contribution is 2.52. The van der Waals surface area contributed by atoms with Crippen molar-refractivity contribution < 1.29 is 9.84 Å². The van der Waals surface area contributed by atoms with Gasteiger partial charge < -0.3 is 9.84 Å². The molecule has 1 aliphatic carbocycles. The Morgan fingerprint density at radius 1 is 0.338 bits per heavy atom. The molecule has 5 atom stereocenters. The topological polar surface area (TPSA) is 29.5 Å². The van der Waals surface area contributed by atoms with Gasteiger partial charge in [-0.25, -0.2) is 0 Å². The fraction of sp³-hybridized carbons (Fsp3) is 0.942. The van der Waals surface area contributed by atoms with Crippen LogP contribution in [0.25, 0.3) is 0 Å². The average Bonchev–Trinajstić information content (AvgIpc) is 3.68. The van der Waals surface area contributed by atoms with Gasteiger partial charge in [0.25, 0.3) is 0 Å². The van der Waals surface area contributed by atoms with Crippen molar-refractivity contribution in [2.75, 3.05) is 6.61 Å². The van der Waals surface area contributed by atoms with Crippen LogP contribution in [-0.4, -0.2) is 18.0 Å². The molecule has 0 aromatic heterocycles. The molecule has 422 valence electrons. The Hall–Kier alpha value is -0.600. The van der Waals surface area contributed by atoms with Crippen molar-refractivity contribution in [1.82, 2.24) is 0 Å². The first-order valence-electron chi connectivity index (χ1n) is 33.6. The largest absolute Gasteiger partial charge is 0.368 e. The van der Waals surface area contributed by atoms with Crippen LogP contribution >= 0.6 is 0 Å². The third-order valence-electron chi connectivity index (χ3n) is 17.4. The minimum absolute atomic E-state index is 0.0845. The van der Waals surface area contributed by atoms with Crippen molar-refractivity contribution >= 4 is 0 Å². The maximum absolute atomic E-state index is 11.9. The minimum atomic E-state index is -0.696. The first-order chi connectivity index (χ1) is 34.9. The minimum Gasteiger partial charge on any atom is -0.368 e. The Kier molecular flexibility index (Phi) is 49.6. The summed E-state index contributed by atoms with van der Waals surface area (Å²) in [5, 5.41) is 11.9. The van der Waals surface area contributed by atoms with E-state index in [1.54, 1.807) is 11.1 Å². The summed E-state index contributed by atoms with van der Waals surface area (Å²) in [6.45, 7) is 16.8. The second-order valence-corrected chi connectivity index (χ2v) is 24.3. The van der Waals surface area contributed by atoms with Crippen LogP contribution in [0, 0.1) is 23.2 Å². The van der Waals surface area contributed by atoms with Crippen LogP contribution in [0.3, 0.4) is 0 Å². The van der Waals surface area contributed by atoms with Gasteiger partial charge in [0.2, 0.25) is 0 Å². The van der Waals surface area contributed by atoms with E-state index in [4.69, 9.17) is 4.74 Å². The van der Waals surface area contributed by atoms with Crippen LogP contribution in [0.5, 0.6) is 0 Å². The highest BCUT2D eigenvalue weighted by molar-refractivity contribution is 5.42. The van der Waals surface area contributed by atoms with Gasteiger partial charge in [0.1, 0.15) is 0 Å². The maximum Gasteiger partial charge on any atom is 0.155 e. The summed E-state index contributed by atoms with van der Waals surface area (Å²) in [5.74, 6) is 2.25. The van der Waals surface area contributed by atoms with Gasteiger partial charge in [0, 0.05) is 18.4 Å². The second-order valence-electron chi connectivity index (χ2n) is 24.3. The van der Waals surface area contributed by atoms with E-state index >= 15 is 0 Å². The molecule has 0 aliphatic heterocycles. The van der Waals surface area contributed by atoms with Crippen LogP contribution in [-0.2, 0) is 4.74 Å². The van der Waals surface area contributed by atoms with Gasteiger partial charge in [0.05, 0.1) is 0 Å². The van der Waals surface area contributed by atoms with E-state index in [1.165, 1.54) is 327 Å². The van der Waals surface area contributed by atoms with Crippen LogP contribution in [0.4, 0.5) is 0 Å². The number of allylic oxidation sites excluding steroid dienone is 4. The molecule has 0 spiro atoms. The molecule has 0 heterocycles. The zero-order chi connectivity index (χ0) is 51.6. The van der Waals surface area contributed by atoms with E-state index in [0.717, 1.165) is 24.2 Å². The Balaban J connectivity index is 3.71. The highest BCUT2D eigenvalue weighted by atomic mass is 16.6. The average molecular weight is 996 g/mol. The fourth-order valence-electron chi connectivity index (χ4n) is 12.8. The van der Waals surface area contributed by atoms with E-state index < -0.39 is 6.29 Å². The van der Waals surface area contributed by atoms with Crippen molar-refractivity contribution in [1.29, 1.82) is 0 Å². The molecule has 2 heteroatoms. The van der Waals surface area contributed by atoms with Crippen molar-refractivity contribution in [3.63, 3.8) is 0 Å². The van der Waals surface area contributed by atoms with Gasteiger partial charge in [0.15, 0.2) is 6.29 Å². The lowest BCUT2D eigenvalue weighted by atomic mass is 9.67. The predicted molar refractivity (Wildman–Crippen MR) is 321 cm³/mol. The van der Waals surface area contributed by atoms with Crippen molar-refractivity contribution in [3.8, 4) is 0 Å². The maximum atomic E-state index is 11.9. The summed E-state index contributed by atoms with van der Waals surface area (Å²) in [6, 6.07) is 0. The van der Waals surface area contributed by atoms with Gasteiger partial charge >= 0.3 is 0 Å². The molecule has 0 radical (unpaired) electrons. The standard InChI is InChI=1S/C69H134O2/c1-8-15-21-27-33-36-42-46-52-63(51-45-39-30-24-18-11-4)59-66-57-58-69(62-68(70)71-14-7,61-65(55-49-41-32-26-20-13-6)56-50-44-38-35-29-23-17-10-3)67(66)60-64(53-47-40-31-25-19-12-5)54-48-43-37-34-28-22-16-9-2/h57-58,63-65,68,70H,8-56,59-62H2,1-7H3. The molecule has 0 saturated heterocycles. The van der Waals surface area contributed by atoms with E-state index in [1.807, 2.05) is 0 Å². The Labute approximate surface area is 449 Å². The summed E-state index contributed by atoms with van der Waals surface area (Å²) in [5.41, 5.74) is 3.43. The highest BCUT2D eigenvalue weighted by Gasteiger charge is 2.41. The molecule has 2 nitrogen and oxygen atoms in total. The monoisotopic (exact) mass is 995 g/mol. The Morgan fingerprint density at radius 3 is 0.901 bits per heavy atom. The van der Waals surface area contributed by atoms with E-state index in [0.29, 0.717) is 6.61 Å². The molecular weight excluding hydrogens is 861 g/mol. The third kappa shape index (κ3) is 38.6. The normalized spacial score (nSPS) is 16.7. The molecule has 0 bridgehead atoms. The molecule has 0 fully saturated rings.